The molecule has 0 aliphatic carbocycles. The first-order chi connectivity index (χ1) is 11.6. The molecule has 6 heteroatoms. The number of hydrogen-bond acceptors (Lipinski definition) is 6. The normalized spacial score (nSPS) is 11.7. The summed E-state index contributed by atoms with van der Waals surface area (Å²) in [5.74, 6) is 0.875. The predicted molar refractivity (Wildman–Crippen MR) is 93.5 cm³/mol. The van der Waals surface area contributed by atoms with Gasteiger partial charge in [0.15, 0.2) is 11.5 Å². The molecule has 0 aliphatic rings. The third-order valence-electron chi connectivity index (χ3n) is 3.56. The molecular formula is C18H22O5S. The minimum atomic E-state index is -0.416. The summed E-state index contributed by atoms with van der Waals surface area (Å²) in [6.45, 7) is 2.06. The SMILES string of the molecule is CCCC(OC(=O)c1cc(OC)c(OC)c(OC)c1)c1cccs1. The van der Waals surface area contributed by atoms with Crippen LogP contribution >= 0.6 is 11.3 Å². The van der Waals surface area contributed by atoms with Gasteiger partial charge >= 0.3 is 5.97 Å². The van der Waals surface area contributed by atoms with Crippen molar-refractivity contribution >= 4 is 17.3 Å². The van der Waals surface area contributed by atoms with Crippen LogP contribution in [0.2, 0.25) is 0 Å². The predicted octanol–water partition coefficient (Wildman–Crippen LogP) is 4.47. The standard InChI is InChI=1S/C18H22O5S/c1-5-7-13(16-8-6-9-24-16)23-18(19)12-10-14(20-2)17(22-4)15(11-12)21-3/h6,8-11,13H,5,7H2,1-4H3. The van der Waals surface area contributed by atoms with Gasteiger partial charge in [-0.05, 0) is 30.0 Å². The molecule has 1 aromatic carbocycles. The second kappa shape index (κ2) is 8.59. The quantitative estimate of drug-likeness (QED) is 0.657. The van der Waals surface area contributed by atoms with Crippen molar-refractivity contribution in [3.63, 3.8) is 0 Å². The molecule has 0 amide bonds. The Labute approximate surface area is 146 Å². The van der Waals surface area contributed by atoms with E-state index in [0.29, 0.717) is 22.8 Å². The van der Waals surface area contributed by atoms with Crippen LogP contribution in [0.3, 0.4) is 0 Å². The third-order valence-corrected chi connectivity index (χ3v) is 4.53. The molecule has 0 N–H and O–H groups in total. The molecule has 1 aromatic heterocycles. The third kappa shape index (κ3) is 4.00. The molecule has 0 bridgehead atoms. The molecule has 2 rings (SSSR count). The van der Waals surface area contributed by atoms with Crippen molar-refractivity contribution in [2.45, 2.75) is 25.9 Å². The van der Waals surface area contributed by atoms with Gasteiger partial charge in [0.2, 0.25) is 5.75 Å². The Morgan fingerprint density at radius 2 is 1.79 bits per heavy atom. The van der Waals surface area contributed by atoms with Gasteiger partial charge in [0.25, 0.3) is 0 Å². The van der Waals surface area contributed by atoms with E-state index in [0.717, 1.165) is 17.7 Å². The molecular weight excluding hydrogens is 328 g/mol. The number of benzene rings is 1. The number of ether oxygens (including phenoxy) is 4. The summed E-state index contributed by atoms with van der Waals surface area (Å²) in [5.41, 5.74) is 0.363. The first-order valence-corrected chi connectivity index (χ1v) is 8.56. The Hall–Kier alpha value is -2.21. The Morgan fingerprint density at radius 3 is 2.25 bits per heavy atom. The summed E-state index contributed by atoms with van der Waals surface area (Å²) < 4.78 is 21.6. The fraction of sp³-hybridized carbons (Fsp3) is 0.389. The largest absolute Gasteiger partial charge is 0.493 e. The molecule has 0 fully saturated rings. The van der Waals surface area contributed by atoms with Gasteiger partial charge in [-0.25, -0.2) is 4.79 Å². The lowest BCUT2D eigenvalue weighted by atomic mass is 10.1. The first-order valence-electron chi connectivity index (χ1n) is 7.68. The van der Waals surface area contributed by atoms with Crippen molar-refractivity contribution in [3.05, 3.63) is 40.1 Å². The summed E-state index contributed by atoms with van der Waals surface area (Å²) in [5, 5.41) is 1.98. The molecule has 5 nitrogen and oxygen atoms in total. The highest BCUT2D eigenvalue weighted by Gasteiger charge is 2.22. The number of methoxy groups -OCH3 is 3. The minimum Gasteiger partial charge on any atom is -0.493 e. The van der Waals surface area contributed by atoms with Gasteiger partial charge in [-0.3, -0.25) is 0 Å². The van der Waals surface area contributed by atoms with Gasteiger partial charge in [0, 0.05) is 4.88 Å². The van der Waals surface area contributed by atoms with Gasteiger partial charge in [0.05, 0.1) is 26.9 Å². The molecule has 1 heterocycles. The van der Waals surface area contributed by atoms with E-state index in [1.165, 1.54) is 21.3 Å². The maximum Gasteiger partial charge on any atom is 0.339 e. The first kappa shape index (κ1) is 18.1. The second-order valence-electron chi connectivity index (χ2n) is 5.11. The Bertz CT molecular complexity index is 641. The van der Waals surface area contributed by atoms with Crippen molar-refractivity contribution < 1.29 is 23.7 Å². The molecule has 0 saturated heterocycles. The second-order valence-corrected chi connectivity index (χ2v) is 6.09. The van der Waals surface area contributed by atoms with E-state index in [9.17, 15) is 4.79 Å². The van der Waals surface area contributed by atoms with Crippen LogP contribution in [0.4, 0.5) is 0 Å². The number of hydrogen-bond donors (Lipinski definition) is 0. The molecule has 1 unspecified atom stereocenters. The molecule has 0 radical (unpaired) electrons. The van der Waals surface area contributed by atoms with Gasteiger partial charge in [-0.1, -0.05) is 19.4 Å². The molecule has 130 valence electrons. The lowest BCUT2D eigenvalue weighted by molar-refractivity contribution is 0.0282. The highest BCUT2D eigenvalue weighted by Crippen LogP contribution is 2.39. The maximum absolute atomic E-state index is 12.6. The van der Waals surface area contributed by atoms with E-state index in [2.05, 4.69) is 6.92 Å². The number of carbonyl (C=O) groups is 1. The van der Waals surface area contributed by atoms with Crippen molar-refractivity contribution in [3.8, 4) is 17.2 Å². The Balaban J connectivity index is 2.28. The number of carbonyl (C=O) groups excluding carboxylic acids is 1. The van der Waals surface area contributed by atoms with Crippen LogP contribution in [0, 0.1) is 0 Å². The van der Waals surface area contributed by atoms with E-state index >= 15 is 0 Å². The number of esters is 1. The highest BCUT2D eigenvalue weighted by molar-refractivity contribution is 7.10. The van der Waals surface area contributed by atoms with Crippen LogP contribution in [-0.2, 0) is 4.74 Å². The molecule has 0 spiro atoms. The van der Waals surface area contributed by atoms with E-state index < -0.39 is 5.97 Å². The van der Waals surface area contributed by atoms with Crippen LogP contribution in [0.15, 0.2) is 29.6 Å². The number of rotatable bonds is 8. The van der Waals surface area contributed by atoms with E-state index in [1.807, 2.05) is 17.5 Å². The highest BCUT2D eigenvalue weighted by atomic mass is 32.1. The fourth-order valence-electron chi connectivity index (χ4n) is 2.39. The average molecular weight is 350 g/mol. The zero-order valence-corrected chi connectivity index (χ0v) is 15.1. The van der Waals surface area contributed by atoms with E-state index in [1.54, 1.807) is 23.5 Å². The van der Waals surface area contributed by atoms with Crippen molar-refractivity contribution in [2.75, 3.05) is 21.3 Å². The smallest absolute Gasteiger partial charge is 0.339 e. The molecule has 0 aliphatic heterocycles. The average Bonchev–Trinajstić information content (AvgIpc) is 3.14. The summed E-state index contributed by atoms with van der Waals surface area (Å²) in [7, 11) is 4.54. The van der Waals surface area contributed by atoms with Gasteiger partial charge in [-0.15, -0.1) is 11.3 Å². The van der Waals surface area contributed by atoms with Crippen molar-refractivity contribution in [1.29, 1.82) is 0 Å². The van der Waals surface area contributed by atoms with Gasteiger partial charge < -0.3 is 18.9 Å². The van der Waals surface area contributed by atoms with Crippen LogP contribution < -0.4 is 14.2 Å². The van der Waals surface area contributed by atoms with Crippen molar-refractivity contribution in [2.24, 2.45) is 0 Å². The van der Waals surface area contributed by atoms with Crippen LogP contribution in [-0.4, -0.2) is 27.3 Å². The summed E-state index contributed by atoms with van der Waals surface area (Å²) in [6, 6.07) is 7.13. The summed E-state index contributed by atoms with van der Waals surface area (Å²) in [6.07, 6.45) is 1.45. The van der Waals surface area contributed by atoms with Gasteiger partial charge in [0.1, 0.15) is 6.10 Å². The van der Waals surface area contributed by atoms with Crippen LogP contribution in [0.25, 0.3) is 0 Å². The fourth-order valence-corrected chi connectivity index (χ4v) is 3.18. The minimum absolute atomic E-state index is 0.249. The van der Waals surface area contributed by atoms with Crippen LogP contribution in [0.5, 0.6) is 17.2 Å². The molecule has 24 heavy (non-hydrogen) atoms. The lowest BCUT2D eigenvalue weighted by Gasteiger charge is -2.17. The number of thiophene rings is 1. The molecule has 0 saturated carbocycles. The maximum atomic E-state index is 12.6. The van der Waals surface area contributed by atoms with Crippen molar-refractivity contribution in [1.82, 2.24) is 0 Å². The topological polar surface area (TPSA) is 54.0 Å². The molecule has 2 aromatic rings. The zero-order chi connectivity index (χ0) is 17.5. The van der Waals surface area contributed by atoms with Gasteiger partial charge in [-0.2, -0.15) is 0 Å². The Kier molecular flexibility index (Phi) is 6.49. The Morgan fingerprint density at radius 1 is 1.12 bits per heavy atom. The summed E-state index contributed by atoms with van der Waals surface area (Å²) >= 11 is 1.58. The van der Waals surface area contributed by atoms with E-state index in [4.69, 9.17) is 18.9 Å². The lowest BCUT2D eigenvalue weighted by Crippen LogP contribution is -2.11. The monoisotopic (exact) mass is 350 g/mol. The summed E-state index contributed by atoms with van der Waals surface area (Å²) in [4.78, 5) is 13.6. The zero-order valence-electron chi connectivity index (χ0n) is 14.3. The van der Waals surface area contributed by atoms with Crippen LogP contribution in [0.1, 0.15) is 41.1 Å². The van der Waals surface area contributed by atoms with E-state index in [-0.39, 0.29) is 6.10 Å². The molecule has 1 atom stereocenters.